The van der Waals surface area contributed by atoms with Gasteiger partial charge in [0, 0.05) is 19.2 Å². The van der Waals surface area contributed by atoms with E-state index in [1.165, 1.54) is 10.8 Å². The van der Waals surface area contributed by atoms with Crippen molar-refractivity contribution in [2.24, 2.45) is 0 Å². The van der Waals surface area contributed by atoms with Gasteiger partial charge in [-0.05, 0) is 6.92 Å². The first-order valence-electron chi connectivity index (χ1n) is 6.43. The van der Waals surface area contributed by atoms with Gasteiger partial charge in [0.2, 0.25) is 0 Å². The number of aliphatic hydroxyl groups excluding tert-OH is 2. The number of rotatable bonds is 5. The maximum absolute atomic E-state index is 11.8. The van der Waals surface area contributed by atoms with Crippen molar-refractivity contribution in [2.75, 3.05) is 13.2 Å². The molecule has 20 heavy (non-hydrogen) atoms. The van der Waals surface area contributed by atoms with E-state index in [0.29, 0.717) is 12.2 Å². The van der Waals surface area contributed by atoms with Gasteiger partial charge in [-0.25, -0.2) is 4.79 Å². The van der Waals surface area contributed by atoms with Gasteiger partial charge in [-0.3, -0.25) is 14.3 Å². The molecule has 8 nitrogen and oxygen atoms in total. The summed E-state index contributed by atoms with van der Waals surface area (Å²) in [6.45, 7) is 2.00. The Morgan fingerprint density at radius 2 is 2.30 bits per heavy atom. The Hall–Kier alpha value is -1.48. The molecule has 112 valence electrons. The molecule has 1 aliphatic heterocycles. The number of aromatic nitrogens is 2. The summed E-state index contributed by atoms with van der Waals surface area (Å²) in [5, 5.41) is 18.7. The lowest BCUT2D eigenvalue weighted by molar-refractivity contribution is -0.0461. The third-order valence-electron chi connectivity index (χ3n) is 3.20. The molecule has 1 aromatic heterocycles. The highest BCUT2D eigenvalue weighted by Crippen LogP contribution is 2.27. The summed E-state index contributed by atoms with van der Waals surface area (Å²) in [6, 6.07) is 0. The number of hydrogen-bond donors (Lipinski definition) is 3. The van der Waals surface area contributed by atoms with Crippen molar-refractivity contribution in [1.29, 1.82) is 0 Å². The summed E-state index contributed by atoms with van der Waals surface area (Å²) in [5.74, 6) is 0. The molecule has 1 fully saturated rings. The molecule has 1 unspecified atom stereocenters. The average Bonchev–Trinajstić information content (AvgIpc) is 2.79. The summed E-state index contributed by atoms with van der Waals surface area (Å²) in [4.78, 5) is 25.6. The number of nitrogens with zero attached hydrogens (tertiary/aromatic N) is 1. The van der Waals surface area contributed by atoms with Crippen LogP contribution in [0.5, 0.6) is 0 Å². The number of ether oxygens (including phenoxy) is 2. The first-order chi connectivity index (χ1) is 9.56. The molecule has 2 rings (SSSR count). The largest absolute Gasteiger partial charge is 0.394 e. The molecular weight excluding hydrogens is 268 g/mol. The SMILES string of the molecule is CCOCc1cn([C@@H]2CC(O)[C@H](CO)O2)c(=O)[nH]c1=O. The fourth-order valence-electron chi connectivity index (χ4n) is 2.11. The normalized spacial score (nSPS) is 26.1. The van der Waals surface area contributed by atoms with Gasteiger partial charge in [0.1, 0.15) is 12.3 Å². The molecule has 2 heterocycles. The van der Waals surface area contributed by atoms with Crippen molar-refractivity contribution in [2.45, 2.75) is 38.4 Å². The molecule has 0 aromatic carbocycles. The summed E-state index contributed by atoms with van der Waals surface area (Å²) < 4.78 is 11.7. The molecule has 3 N–H and O–H groups in total. The minimum Gasteiger partial charge on any atom is -0.394 e. The fourth-order valence-corrected chi connectivity index (χ4v) is 2.11. The Kier molecular flexibility index (Phi) is 4.71. The van der Waals surface area contributed by atoms with Crippen LogP contribution in [-0.2, 0) is 16.1 Å². The fraction of sp³-hybridized carbons (Fsp3) is 0.667. The molecule has 1 saturated heterocycles. The van der Waals surface area contributed by atoms with Gasteiger partial charge >= 0.3 is 5.69 Å². The molecule has 0 radical (unpaired) electrons. The van der Waals surface area contributed by atoms with Gasteiger partial charge in [0.05, 0.1) is 24.9 Å². The number of hydrogen-bond acceptors (Lipinski definition) is 6. The number of H-pyrrole nitrogens is 1. The van der Waals surface area contributed by atoms with Gasteiger partial charge in [-0.2, -0.15) is 0 Å². The van der Waals surface area contributed by atoms with Gasteiger partial charge in [-0.1, -0.05) is 0 Å². The lowest BCUT2D eigenvalue weighted by atomic mass is 10.2. The van der Waals surface area contributed by atoms with E-state index in [2.05, 4.69) is 4.98 Å². The average molecular weight is 286 g/mol. The van der Waals surface area contributed by atoms with Crippen molar-refractivity contribution in [3.63, 3.8) is 0 Å². The van der Waals surface area contributed by atoms with E-state index >= 15 is 0 Å². The summed E-state index contributed by atoms with van der Waals surface area (Å²) in [6.07, 6.45) is -0.751. The van der Waals surface area contributed by atoms with E-state index in [9.17, 15) is 14.7 Å². The van der Waals surface area contributed by atoms with E-state index in [1.807, 2.05) is 0 Å². The maximum atomic E-state index is 11.8. The first kappa shape index (κ1) is 14.9. The van der Waals surface area contributed by atoms with Crippen LogP contribution in [0.15, 0.2) is 15.8 Å². The van der Waals surface area contributed by atoms with Crippen LogP contribution < -0.4 is 11.2 Å². The van der Waals surface area contributed by atoms with E-state index in [1.54, 1.807) is 6.92 Å². The highest BCUT2D eigenvalue weighted by molar-refractivity contribution is 5.04. The summed E-state index contributed by atoms with van der Waals surface area (Å²) in [7, 11) is 0. The van der Waals surface area contributed by atoms with Crippen molar-refractivity contribution in [3.8, 4) is 0 Å². The highest BCUT2D eigenvalue weighted by Gasteiger charge is 2.35. The van der Waals surface area contributed by atoms with Crippen molar-refractivity contribution < 1.29 is 19.7 Å². The van der Waals surface area contributed by atoms with E-state index in [4.69, 9.17) is 14.6 Å². The standard InChI is InChI=1S/C12H18N2O6/c1-2-19-6-7-4-14(12(18)13-11(7)17)10-3-8(16)9(5-15)20-10/h4,8-10,15-16H,2-3,5-6H2,1H3,(H,13,17,18)/t8?,9-,10-/m0/s1. The van der Waals surface area contributed by atoms with Crippen LogP contribution in [0.1, 0.15) is 25.1 Å². The lowest BCUT2D eigenvalue weighted by Crippen LogP contribution is -2.34. The summed E-state index contributed by atoms with van der Waals surface area (Å²) in [5.41, 5.74) is -0.819. The second-order valence-electron chi connectivity index (χ2n) is 4.57. The Morgan fingerprint density at radius 3 is 2.90 bits per heavy atom. The molecule has 1 aromatic rings. The zero-order valence-corrected chi connectivity index (χ0v) is 11.1. The molecular formula is C12H18N2O6. The van der Waals surface area contributed by atoms with Gasteiger partial charge < -0.3 is 19.7 Å². The van der Waals surface area contributed by atoms with Crippen LogP contribution in [-0.4, -0.2) is 45.2 Å². The quantitative estimate of drug-likeness (QED) is 0.621. The Balaban J connectivity index is 2.28. The van der Waals surface area contributed by atoms with Crippen LogP contribution in [0.3, 0.4) is 0 Å². The minimum absolute atomic E-state index is 0.0881. The molecule has 3 atom stereocenters. The van der Waals surface area contributed by atoms with Gasteiger partial charge in [0.25, 0.3) is 5.56 Å². The van der Waals surface area contributed by atoms with Crippen molar-refractivity contribution in [3.05, 3.63) is 32.6 Å². The third-order valence-corrected chi connectivity index (χ3v) is 3.20. The van der Waals surface area contributed by atoms with E-state index < -0.39 is 29.7 Å². The predicted octanol–water partition coefficient (Wildman–Crippen LogP) is -1.29. The molecule has 0 saturated carbocycles. The molecule has 0 amide bonds. The number of aromatic amines is 1. The number of nitrogens with one attached hydrogen (secondary N) is 1. The van der Waals surface area contributed by atoms with Crippen molar-refractivity contribution >= 4 is 0 Å². The lowest BCUT2D eigenvalue weighted by Gasteiger charge is -2.15. The third kappa shape index (κ3) is 2.98. The first-order valence-corrected chi connectivity index (χ1v) is 6.43. The van der Waals surface area contributed by atoms with Crippen molar-refractivity contribution in [1.82, 2.24) is 9.55 Å². The van der Waals surface area contributed by atoms with E-state index in [-0.39, 0.29) is 19.6 Å². The Morgan fingerprint density at radius 1 is 1.55 bits per heavy atom. The monoisotopic (exact) mass is 286 g/mol. The molecule has 8 heteroatoms. The predicted molar refractivity (Wildman–Crippen MR) is 68.3 cm³/mol. The van der Waals surface area contributed by atoms with Crippen LogP contribution in [0.4, 0.5) is 0 Å². The zero-order chi connectivity index (χ0) is 14.7. The minimum atomic E-state index is -0.848. The molecule has 0 bridgehead atoms. The van der Waals surface area contributed by atoms with Crippen LogP contribution in [0.2, 0.25) is 0 Å². The van der Waals surface area contributed by atoms with Crippen LogP contribution in [0.25, 0.3) is 0 Å². The Bertz CT molecular complexity index is 566. The molecule has 1 aliphatic rings. The van der Waals surface area contributed by atoms with E-state index in [0.717, 1.165) is 0 Å². The van der Waals surface area contributed by atoms with Crippen LogP contribution >= 0.6 is 0 Å². The van der Waals surface area contributed by atoms with Gasteiger partial charge in [-0.15, -0.1) is 0 Å². The molecule has 0 spiro atoms. The zero-order valence-electron chi connectivity index (χ0n) is 11.1. The topological polar surface area (TPSA) is 114 Å². The molecule has 0 aliphatic carbocycles. The smallest absolute Gasteiger partial charge is 0.330 e. The number of aliphatic hydroxyl groups is 2. The Labute approximate surface area is 114 Å². The maximum Gasteiger partial charge on any atom is 0.330 e. The van der Waals surface area contributed by atoms with Gasteiger partial charge in [0.15, 0.2) is 0 Å². The second-order valence-corrected chi connectivity index (χ2v) is 4.57. The summed E-state index contributed by atoms with van der Waals surface area (Å²) >= 11 is 0. The van der Waals surface area contributed by atoms with Crippen LogP contribution in [0, 0.1) is 0 Å². The highest BCUT2D eigenvalue weighted by atomic mass is 16.5. The second kappa shape index (κ2) is 6.31.